The molecule has 0 aromatic heterocycles. The molecule has 2 aliphatic heterocycles. The lowest BCUT2D eigenvalue weighted by Crippen LogP contribution is -2.26. The Hall–Kier alpha value is -2.66. The lowest BCUT2D eigenvalue weighted by Gasteiger charge is -2.18. The molecule has 2 aromatic carbocycles. The fourth-order valence-corrected chi connectivity index (χ4v) is 3.34. The summed E-state index contributed by atoms with van der Waals surface area (Å²) in [6, 6.07) is 9.32. The van der Waals surface area contributed by atoms with Crippen molar-refractivity contribution in [3.05, 3.63) is 88.1 Å². The highest BCUT2D eigenvalue weighted by molar-refractivity contribution is 6.30. The van der Waals surface area contributed by atoms with E-state index in [1.807, 2.05) is 18.4 Å². The normalized spacial score (nSPS) is 20.2. The third-order valence-electron chi connectivity index (χ3n) is 4.66. The lowest BCUT2D eigenvalue weighted by molar-refractivity contribution is 0.288. The van der Waals surface area contributed by atoms with E-state index in [0.29, 0.717) is 17.0 Å². The minimum absolute atomic E-state index is 0.0557. The highest BCUT2D eigenvalue weighted by Crippen LogP contribution is 2.31. The zero-order valence-electron chi connectivity index (χ0n) is 14.3. The number of hydrogen-bond donors (Lipinski definition) is 1. The van der Waals surface area contributed by atoms with E-state index in [2.05, 4.69) is 10.3 Å². The van der Waals surface area contributed by atoms with E-state index in [1.54, 1.807) is 30.5 Å². The first-order valence-corrected chi connectivity index (χ1v) is 8.98. The third-order valence-corrected chi connectivity index (χ3v) is 4.91. The Morgan fingerprint density at radius 2 is 1.93 bits per heavy atom. The summed E-state index contributed by atoms with van der Waals surface area (Å²) in [4.78, 5) is 4.32. The Balaban J connectivity index is 1.46. The van der Waals surface area contributed by atoms with Gasteiger partial charge in [0.1, 0.15) is 18.6 Å². The molecule has 0 bridgehead atoms. The van der Waals surface area contributed by atoms with Crippen LogP contribution in [0.25, 0.3) is 0 Å². The van der Waals surface area contributed by atoms with Crippen molar-refractivity contribution in [2.24, 2.45) is 10.9 Å². The fraction of sp³-hybridized carbons (Fsp3) is 0.190. The van der Waals surface area contributed by atoms with Crippen LogP contribution in [-0.4, -0.2) is 12.4 Å². The van der Waals surface area contributed by atoms with Crippen molar-refractivity contribution in [3.63, 3.8) is 0 Å². The van der Waals surface area contributed by atoms with Crippen LogP contribution in [0.15, 0.2) is 65.3 Å². The highest BCUT2D eigenvalue weighted by atomic mass is 35.5. The van der Waals surface area contributed by atoms with Crippen LogP contribution >= 0.6 is 11.6 Å². The maximum atomic E-state index is 14.5. The van der Waals surface area contributed by atoms with Gasteiger partial charge in [-0.15, -0.1) is 0 Å². The Kier molecular flexibility index (Phi) is 4.94. The second-order valence-corrected chi connectivity index (χ2v) is 6.94. The maximum absolute atomic E-state index is 14.5. The molecule has 0 radical (unpaired) electrons. The monoisotopic (exact) mass is 386 g/mol. The number of nitrogens with zero attached hydrogens (tertiary/aromatic N) is 1. The summed E-state index contributed by atoms with van der Waals surface area (Å²) in [5, 5.41) is 3.76. The topological polar surface area (TPSA) is 33.6 Å². The van der Waals surface area contributed by atoms with E-state index in [-0.39, 0.29) is 24.4 Å². The summed E-state index contributed by atoms with van der Waals surface area (Å²) < 4.78 is 34.4. The smallest absolute Gasteiger partial charge is 0.165 e. The second-order valence-electron chi connectivity index (χ2n) is 6.51. The van der Waals surface area contributed by atoms with Gasteiger partial charge in [-0.2, -0.15) is 0 Å². The summed E-state index contributed by atoms with van der Waals surface area (Å²) >= 11 is 5.83. The highest BCUT2D eigenvalue weighted by Gasteiger charge is 2.28. The number of hydrogen-bond acceptors (Lipinski definition) is 3. The number of benzene rings is 2. The van der Waals surface area contributed by atoms with Crippen molar-refractivity contribution < 1.29 is 13.5 Å². The quantitative estimate of drug-likeness (QED) is 0.800. The van der Waals surface area contributed by atoms with Crippen molar-refractivity contribution in [3.8, 4) is 5.75 Å². The van der Waals surface area contributed by atoms with Crippen LogP contribution < -0.4 is 10.1 Å². The Morgan fingerprint density at radius 3 is 2.74 bits per heavy atom. The Morgan fingerprint density at radius 1 is 1.11 bits per heavy atom. The molecule has 0 aliphatic carbocycles. The first-order chi connectivity index (χ1) is 13.1. The molecule has 3 nitrogen and oxygen atoms in total. The number of nitrogens with one attached hydrogen (secondary N) is 1. The summed E-state index contributed by atoms with van der Waals surface area (Å²) in [6.45, 7) is 0.133. The van der Waals surface area contributed by atoms with Gasteiger partial charge >= 0.3 is 0 Å². The summed E-state index contributed by atoms with van der Waals surface area (Å²) in [6.07, 6.45) is 7.71. The van der Waals surface area contributed by atoms with Gasteiger partial charge in [0.25, 0.3) is 0 Å². The van der Waals surface area contributed by atoms with E-state index < -0.39 is 11.6 Å². The summed E-state index contributed by atoms with van der Waals surface area (Å²) in [5.74, 6) is -1.11. The molecule has 2 atom stereocenters. The first kappa shape index (κ1) is 17.7. The standard InChI is InChI=1S/C21H17ClF2N2O/c22-16-5-3-13(4-6-16)12-27-20-10-18(23)14(9-19(20)24)8-15-11-26-21-17(15)2-1-7-25-21/h1-7,9-11,17,21,26H,8,12H2. The fourth-order valence-electron chi connectivity index (χ4n) is 3.22. The predicted molar refractivity (Wildman–Crippen MR) is 102 cm³/mol. The van der Waals surface area contributed by atoms with Crippen molar-refractivity contribution in [1.82, 2.24) is 5.32 Å². The van der Waals surface area contributed by atoms with Gasteiger partial charge in [0.15, 0.2) is 11.6 Å². The molecule has 6 heteroatoms. The number of rotatable bonds is 5. The van der Waals surface area contributed by atoms with Gasteiger partial charge in [-0.05, 0) is 53.6 Å². The van der Waals surface area contributed by atoms with Gasteiger partial charge in [0.05, 0.1) is 0 Å². The molecular weight excluding hydrogens is 370 g/mol. The molecule has 0 fully saturated rings. The van der Waals surface area contributed by atoms with Gasteiger partial charge in [-0.1, -0.05) is 29.8 Å². The SMILES string of the molecule is Fc1cc(OCc2ccc(Cl)cc2)c(F)cc1CC1=CNC2N=CC=CC12. The van der Waals surface area contributed by atoms with E-state index in [4.69, 9.17) is 16.3 Å². The number of fused-ring (bicyclic) bond motifs is 1. The van der Waals surface area contributed by atoms with Crippen molar-refractivity contribution in [2.45, 2.75) is 19.2 Å². The van der Waals surface area contributed by atoms with E-state index in [1.165, 1.54) is 6.07 Å². The molecule has 4 rings (SSSR count). The zero-order chi connectivity index (χ0) is 18.8. The number of aliphatic imine (C=N–C) groups is 1. The number of ether oxygens (including phenoxy) is 1. The zero-order valence-corrected chi connectivity index (χ0v) is 15.1. The van der Waals surface area contributed by atoms with Crippen LogP contribution in [0.1, 0.15) is 11.1 Å². The first-order valence-electron chi connectivity index (χ1n) is 8.60. The van der Waals surface area contributed by atoms with Crippen molar-refractivity contribution in [2.75, 3.05) is 0 Å². The molecule has 2 heterocycles. The van der Waals surface area contributed by atoms with Gasteiger partial charge in [-0.25, -0.2) is 8.78 Å². The molecule has 2 unspecified atom stereocenters. The molecule has 1 N–H and O–H groups in total. The molecule has 27 heavy (non-hydrogen) atoms. The van der Waals surface area contributed by atoms with E-state index in [0.717, 1.165) is 17.2 Å². The second kappa shape index (κ2) is 7.53. The number of halogens is 3. The number of allylic oxidation sites excluding steroid dienone is 1. The molecule has 0 amide bonds. The van der Waals surface area contributed by atoms with Gasteiger partial charge in [-0.3, -0.25) is 4.99 Å². The van der Waals surface area contributed by atoms with Gasteiger partial charge in [0, 0.05) is 23.2 Å². The number of dihydropyridines is 1. The molecule has 2 aromatic rings. The predicted octanol–water partition coefficient (Wildman–Crippen LogP) is 4.81. The molecule has 0 spiro atoms. The van der Waals surface area contributed by atoms with Crippen LogP contribution in [0.4, 0.5) is 8.78 Å². The van der Waals surface area contributed by atoms with Gasteiger partial charge < -0.3 is 10.1 Å². The maximum Gasteiger partial charge on any atom is 0.165 e. The third kappa shape index (κ3) is 3.88. The van der Waals surface area contributed by atoms with Crippen LogP contribution in [0.3, 0.4) is 0 Å². The Labute approximate surface area is 161 Å². The average Bonchev–Trinajstić information content (AvgIpc) is 3.08. The largest absolute Gasteiger partial charge is 0.486 e. The molecular formula is C21H17ClF2N2O. The average molecular weight is 387 g/mol. The van der Waals surface area contributed by atoms with Gasteiger partial charge in [0.2, 0.25) is 0 Å². The van der Waals surface area contributed by atoms with E-state index >= 15 is 0 Å². The molecule has 2 aliphatic rings. The molecule has 0 saturated carbocycles. The van der Waals surface area contributed by atoms with Crippen molar-refractivity contribution in [1.29, 1.82) is 0 Å². The lowest BCUT2D eigenvalue weighted by atomic mass is 9.92. The minimum atomic E-state index is -0.583. The Bertz CT molecular complexity index is 938. The summed E-state index contributed by atoms with van der Waals surface area (Å²) in [7, 11) is 0. The minimum Gasteiger partial charge on any atom is -0.486 e. The van der Waals surface area contributed by atoms with Crippen LogP contribution in [0.5, 0.6) is 5.75 Å². The van der Waals surface area contributed by atoms with Crippen LogP contribution in [0, 0.1) is 17.6 Å². The van der Waals surface area contributed by atoms with E-state index in [9.17, 15) is 8.78 Å². The van der Waals surface area contributed by atoms with Crippen LogP contribution in [0.2, 0.25) is 5.02 Å². The molecule has 138 valence electrons. The van der Waals surface area contributed by atoms with Crippen LogP contribution in [-0.2, 0) is 13.0 Å². The molecule has 0 saturated heterocycles. The van der Waals surface area contributed by atoms with Crippen molar-refractivity contribution >= 4 is 17.8 Å². The summed E-state index contributed by atoms with van der Waals surface area (Å²) in [5.41, 5.74) is 2.09.